The van der Waals surface area contributed by atoms with E-state index in [0.717, 1.165) is 44.9 Å². The van der Waals surface area contributed by atoms with E-state index in [1.165, 1.54) is 38.5 Å². The number of hydrogen-bond donors (Lipinski definition) is 3. The summed E-state index contributed by atoms with van der Waals surface area (Å²) in [5.74, 6) is -2.41. The van der Waals surface area contributed by atoms with E-state index in [2.05, 4.69) is 57.2 Å². The van der Waals surface area contributed by atoms with Crippen molar-refractivity contribution in [2.75, 3.05) is 0 Å². The lowest BCUT2D eigenvalue weighted by molar-refractivity contribution is -0.139. The third-order valence-corrected chi connectivity index (χ3v) is 5.03. The SMILES string of the molecule is CC/C=C\C/C=C\C/C=C\CCCCCCCC(=O)O.CCCCCC.O=C(O)CCCCC(=O)O. The van der Waals surface area contributed by atoms with Crippen LogP contribution in [0, 0.1) is 0 Å². The number of hydrogen-bond acceptors (Lipinski definition) is 3. The fraction of sp³-hybridized carbons (Fsp3) is 0.700. The Morgan fingerprint density at radius 3 is 1.25 bits per heavy atom. The smallest absolute Gasteiger partial charge is 0.303 e. The first kappa shape index (κ1) is 38.2. The maximum absolute atomic E-state index is 10.3. The van der Waals surface area contributed by atoms with Gasteiger partial charge in [0.25, 0.3) is 0 Å². The molecular weight excluding hydrogens is 456 g/mol. The van der Waals surface area contributed by atoms with E-state index >= 15 is 0 Å². The zero-order valence-electron chi connectivity index (χ0n) is 23.3. The van der Waals surface area contributed by atoms with Crippen LogP contribution in [0.25, 0.3) is 0 Å². The molecule has 3 N–H and O–H groups in total. The molecule has 0 aromatic carbocycles. The summed E-state index contributed by atoms with van der Waals surface area (Å²) in [5, 5.41) is 24.8. The zero-order chi connectivity index (χ0) is 27.7. The highest BCUT2D eigenvalue weighted by atomic mass is 16.4. The van der Waals surface area contributed by atoms with Crippen molar-refractivity contribution in [2.45, 2.75) is 136 Å². The molecule has 0 saturated carbocycles. The van der Waals surface area contributed by atoms with Crippen LogP contribution in [0.5, 0.6) is 0 Å². The van der Waals surface area contributed by atoms with Crippen molar-refractivity contribution >= 4 is 17.9 Å². The molecule has 0 fully saturated rings. The maximum Gasteiger partial charge on any atom is 0.303 e. The fourth-order valence-electron chi connectivity index (χ4n) is 2.95. The fourth-order valence-corrected chi connectivity index (χ4v) is 2.95. The predicted molar refractivity (Wildman–Crippen MR) is 150 cm³/mol. The number of carbonyl (C=O) groups is 3. The lowest BCUT2D eigenvalue weighted by Crippen LogP contribution is -1.97. The monoisotopic (exact) mass is 510 g/mol. The van der Waals surface area contributed by atoms with Gasteiger partial charge in [0.2, 0.25) is 0 Å². The average molecular weight is 511 g/mol. The Balaban J connectivity index is -0.000000561. The molecule has 0 atom stereocenters. The molecule has 0 aromatic heterocycles. The number of carboxylic acids is 3. The number of carboxylic acid groups (broad SMARTS) is 3. The molecule has 0 aliphatic carbocycles. The summed E-state index contributed by atoms with van der Waals surface area (Å²) < 4.78 is 0. The van der Waals surface area contributed by atoms with Gasteiger partial charge < -0.3 is 15.3 Å². The van der Waals surface area contributed by atoms with Gasteiger partial charge in [-0.05, 0) is 51.4 Å². The summed E-state index contributed by atoms with van der Waals surface area (Å²) in [6.45, 7) is 6.61. The number of unbranched alkanes of at least 4 members (excludes halogenated alkanes) is 9. The van der Waals surface area contributed by atoms with Crippen LogP contribution in [-0.2, 0) is 14.4 Å². The molecule has 0 amide bonds. The Labute approximate surface area is 220 Å². The van der Waals surface area contributed by atoms with Crippen LogP contribution in [0.2, 0.25) is 0 Å². The lowest BCUT2D eigenvalue weighted by Gasteiger charge is -1.98. The van der Waals surface area contributed by atoms with Crippen LogP contribution < -0.4 is 0 Å². The third kappa shape index (κ3) is 48.9. The van der Waals surface area contributed by atoms with Gasteiger partial charge in [-0.3, -0.25) is 14.4 Å². The molecule has 0 aliphatic rings. The molecule has 0 bridgehead atoms. The molecule has 0 saturated heterocycles. The summed E-state index contributed by atoms with van der Waals surface area (Å²) in [6.07, 6.45) is 29.9. The minimum atomic E-state index is -0.870. The molecule has 0 radical (unpaired) electrons. The summed E-state index contributed by atoms with van der Waals surface area (Å²) in [5.41, 5.74) is 0. The summed E-state index contributed by atoms with van der Waals surface area (Å²) in [4.78, 5) is 30.1. The topological polar surface area (TPSA) is 112 Å². The standard InChI is InChI=1S/C18H30O2.C6H10O4.C6H14/c1-2-3-4-5-6-7-8-9-10-11-12-13-14-15-16-17-18(19)20;7-5(8)3-1-2-4-6(9)10;1-3-5-6-4-2/h3-4,6-7,9-10H,2,5,8,11-17H2,1H3,(H,19,20);1-4H2,(H,7,8)(H,9,10);3-6H2,1-2H3/b4-3-,7-6-,10-9-;;. The Morgan fingerprint density at radius 1 is 0.472 bits per heavy atom. The van der Waals surface area contributed by atoms with Crippen molar-refractivity contribution in [3.63, 3.8) is 0 Å². The molecule has 0 spiro atoms. The van der Waals surface area contributed by atoms with E-state index < -0.39 is 17.9 Å². The van der Waals surface area contributed by atoms with E-state index in [9.17, 15) is 14.4 Å². The number of allylic oxidation sites excluding steroid dienone is 6. The van der Waals surface area contributed by atoms with Crippen molar-refractivity contribution in [1.82, 2.24) is 0 Å². The van der Waals surface area contributed by atoms with E-state index in [4.69, 9.17) is 15.3 Å². The predicted octanol–water partition coefficient (Wildman–Crippen LogP) is 8.96. The highest BCUT2D eigenvalue weighted by Crippen LogP contribution is 2.08. The van der Waals surface area contributed by atoms with Gasteiger partial charge in [-0.1, -0.05) is 102 Å². The van der Waals surface area contributed by atoms with Crippen molar-refractivity contribution in [2.24, 2.45) is 0 Å². The first-order valence-corrected chi connectivity index (χ1v) is 13.9. The largest absolute Gasteiger partial charge is 0.481 e. The highest BCUT2D eigenvalue weighted by molar-refractivity contribution is 5.68. The molecule has 6 heteroatoms. The van der Waals surface area contributed by atoms with Crippen LogP contribution in [0.1, 0.15) is 136 Å². The van der Waals surface area contributed by atoms with E-state index in [1.807, 2.05) is 0 Å². The number of aliphatic carboxylic acids is 3. The van der Waals surface area contributed by atoms with Crippen LogP contribution in [0.15, 0.2) is 36.5 Å². The molecule has 36 heavy (non-hydrogen) atoms. The van der Waals surface area contributed by atoms with Gasteiger partial charge in [-0.2, -0.15) is 0 Å². The van der Waals surface area contributed by atoms with Crippen molar-refractivity contribution in [3.8, 4) is 0 Å². The van der Waals surface area contributed by atoms with E-state index in [-0.39, 0.29) is 12.8 Å². The van der Waals surface area contributed by atoms with Gasteiger partial charge in [0.05, 0.1) is 0 Å². The Morgan fingerprint density at radius 2 is 0.833 bits per heavy atom. The molecule has 0 aliphatic heterocycles. The third-order valence-electron chi connectivity index (χ3n) is 5.03. The van der Waals surface area contributed by atoms with Gasteiger partial charge in [0.1, 0.15) is 0 Å². The zero-order valence-corrected chi connectivity index (χ0v) is 23.3. The molecule has 210 valence electrons. The van der Waals surface area contributed by atoms with Crippen LogP contribution >= 0.6 is 0 Å². The van der Waals surface area contributed by atoms with Gasteiger partial charge in [0.15, 0.2) is 0 Å². The first-order valence-electron chi connectivity index (χ1n) is 13.9. The molecule has 0 unspecified atom stereocenters. The van der Waals surface area contributed by atoms with Crippen molar-refractivity contribution in [3.05, 3.63) is 36.5 Å². The quantitative estimate of drug-likeness (QED) is 0.105. The van der Waals surface area contributed by atoms with E-state index in [0.29, 0.717) is 19.3 Å². The van der Waals surface area contributed by atoms with Crippen LogP contribution in [-0.4, -0.2) is 33.2 Å². The van der Waals surface area contributed by atoms with Crippen LogP contribution in [0.3, 0.4) is 0 Å². The van der Waals surface area contributed by atoms with Gasteiger partial charge in [-0.25, -0.2) is 0 Å². The maximum atomic E-state index is 10.3. The summed E-state index contributed by atoms with van der Waals surface area (Å²) >= 11 is 0. The Kier molecular flexibility index (Phi) is 36.9. The Hall–Kier alpha value is -2.37. The van der Waals surface area contributed by atoms with Gasteiger partial charge in [0, 0.05) is 19.3 Å². The lowest BCUT2D eigenvalue weighted by atomic mass is 10.1. The second-order valence-electron chi connectivity index (χ2n) is 8.70. The molecular formula is C30H54O6. The highest BCUT2D eigenvalue weighted by Gasteiger charge is 1.99. The average Bonchev–Trinajstić information content (AvgIpc) is 2.83. The normalized spacial score (nSPS) is 10.8. The molecule has 0 heterocycles. The Bertz CT molecular complexity index is 558. The van der Waals surface area contributed by atoms with E-state index in [1.54, 1.807) is 0 Å². The van der Waals surface area contributed by atoms with Crippen molar-refractivity contribution in [1.29, 1.82) is 0 Å². The van der Waals surface area contributed by atoms with Gasteiger partial charge >= 0.3 is 17.9 Å². The second kappa shape index (κ2) is 34.8. The summed E-state index contributed by atoms with van der Waals surface area (Å²) in [7, 11) is 0. The molecule has 0 rings (SSSR count). The van der Waals surface area contributed by atoms with Crippen molar-refractivity contribution < 1.29 is 29.7 Å². The minimum Gasteiger partial charge on any atom is -0.481 e. The first-order chi connectivity index (χ1) is 17.3. The number of rotatable bonds is 21. The molecule has 6 nitrogen and oxygen atoms in total. The molecule has 0 aromatic rings. The second-order valence-corrected chi connectivity index (χ2v) is 8.70. The van der Waals surface area contributed by atoms with Crippen LogP contribution in [0.4, 0.5) is 0 Å². The minimum absolute atomic E-state index is 0.0628. The summed E-state index contributed by atoms with van der Waals surface area (Å²) in [6, 6.07) is 0. The van der Waals surface area contributed by atoms with Gasteiger partial charge in [-0.15, -0.1) is 0 Å².